The van der Waals surface area contributed by atoms with Gasteiger partial charge in [0.15, 0.2) is 5.82 Å². The molecule has 0 radical (unpaired) electrons. The van der Waals surface area contributed by atoms with Gasteiger partial charge < -0.3 is 10.1 Å². The van der Waals surface area contributed by atoms with Gasteiger partial charge in [-0.25, -0.2) is 14.1 Å². The first-order valence-corrected chi connectivity index (χ1v) is 8.15. The van der Waals surface area contributed by atoms with E-state index in [4.69, 9.17) is 4.74 Å². The third-order valence-electron chi connectivity index (χ3n) is 3.78. The maximum Gasteiger partial charge on any atom is 0.291 e. The molecular formula is C19H19FN4O2. The molecule has 0 saturated carbocycles. The Morgan fingerprint density at radius 3 is 2.50 bits per heavy atom. The van der Waals surface area contributed by atoms with E-state index >= 15 is 0 Å². The minimum absolute atomic E-state index is 0.0426. The third kappa shape index (κ3) is 3.94. The smallest absolute Gasteiger partial charge is 0.291 e. The van der Waals surface area contributed by atoms with Gasteiger partial charge in [0.05, 0.1) is 12.3 Å². The molecule has 1 N–H and O–H groups in total. The van der Waals surface area contributed by atoms with Crippen molar-refractivity contribution in [1.82, 2.24) is 20.1 Å². The van der Waals surface area contributed by atoms with Crippen LogP contribution in [0.4, 0.5) is 4.39 Å². The number of ether oxygens (including phenoxy) is 1. The van der Waals surface area contributed by atoms with Crippen LogP contribution in [0.1, 0.15) is 16.2 Å². The zero-order valence-corrected chi connectivity index (χ0v) is 14.6. The van der Waals surface area contributed by atoms with Crippen molar-refractivity contribution in [3.8, 4) is 17.1 Å². The van der Waals surface area contributed by atoms with Crippen LogP contribution in [0.2, 0.25) is 0 Å². The van der Waals surface area contributed by atoms with Gasteiger partial charge in [0.25, 0.3) is 5.91 Å². The number of carbonyl (C=O) groups is 1. The van der Waals surface area contributed by atoms with Crippen molar-refractivity contribution in [2.24, 2.45) is 0 Å². The summed E-state index contributed by atoms with van der Waals surface area (Å²) in [6.45, 7) is 2.75. The SMILES string of the molecule is COCCNC(=O)c1nc(-c2ccc(F)cc2)n(-c2ccc(C)cc2)n1. The molecule has 0 aliphatic rings. The molecule has 0 aliphatic heterocycles. The molecule has 0 aliphatic carbocycles. The lowest BCUT2D eigenvalue weighted by molar-refractivity contribution is 0.0927. The Balaban J connectivity index is 2.01. The Labute approximate surface area is 150 Å². The van der Waals surface area contributed by atoms with Gasteiger partial charge in [-0.3, -0.25) is 4.79 Å². The molecule has 26 heavy (non-hydrogen) atoms. The third-order valence-corrected chi connectivity index (χ3v) is 3.78. The second-order valence-electron chi connectivity index (χ2n) is 5.76. The van der Waals surface area contributed by atoms with Gasteiger partial charge in [-0.15, -0.1) is 5.10 Å². The molecule has 6 nitrogen and oxygen atoms in total. The lowest BCUT2D eigenvalue weighted by atomic mass is 10.2. The first kappa shape index (κ1) is 17.8. The fraction of sp³-hybridized carbons (Fsp3) is 0.211. The largest absolute Gasteiger partial charge is 0.383 e. The van der Waals surface area contributed by atoms with Crippen LogP contribution < -0.4 is 5.32 Å². The van der Waals surface area contributed by atoms with Gasteiger partial charge in [-0.1, -0.05) is 17.7 Å². The highest BCUT2D eigenvalue weighted by Gasteiger charge is 2.18. The van der Waals surface area contributed by atoms with Crippen LogP contribution in [0.15, 0.2) is 48.5 Å². The van der Waals surface area contributed by atoms with Crippen molar-refractivity contribution in [3.05, 3.63) is 65.7 Å². The number of aromatic nitrogens is 3. The number of halogens is 1. The molecule has 0 atom stereocenters. The number of nitrogens with one attached hydrogen (secondary N) is 1. The first-order chi connectivity index (χ1) is 12.6. The Kier molecular flexibility index (Phi) is 5.38. The quantitative estimate of drug-likeness (QED) is 0.691. The second kappa shape index (κ2) is 7.88. The highest BCUT2D eigenvalue weighted by atomic mass is 19.1. The van der Waals surface area contributed by atoms with E-state index in [9.17, 15) is 9.18 Å². The van der Waals surface area contributed by atoms with Gasteiger partial charge in [-0.2, -0.15) is 0 Å². The Hall–Kier alpha value is -3.06. The molecule has 0 unspecified atom stereocenters. The van der Waals surface area contributed by atoms with E-state index in [0.29, 0.717) is 24.5 Å². The summed E-state index contributed by atoms with van der Waals surface area (Å²) in [4.78, 5) is 16.7. The number of amides is 1. The molecule has 0 saturated heterocycles. The molecule has 134 valence electrons. The van der Waals surface area contributed by atoms with Crippen molar-refractivity contribution in [1.29, 1.82) is 0 Å². The summed E-state index contributed by atoms with van der Waals surface area (Å²) < 4.78 is 19.8. The number of rotatable bonds is 6. The number of benzene rings is 2. The number of nitrogens with zero attached hydrogens (tertiary/aromatic N) is 3. The average molecular weight is 354 g/mol. The normalized spacial score (nSPS) is 10.7. The predicted molar refractivity (Wildman–Crippen MR) is 95.7 cm³/mol. The maximum atomic E-state index is 13.3. The van der Waals surface area contributed by atoms with Crippen molar-refractivity contribution < 1.29 is 13.9 Å². The summed E-state index contributed by atoms with van der Waals surface area (Å²) in [6.07, 6.45) is 0. The fourth-order valence-electron chi connectivity index (χ4n) is 2.41. The van der Waals surface area contributed by atoms with E-state index in [1.54, 1.807) is 23.9 Å². The molecular weight excluding hydrogens is 335 g/mol. The second-order valence-corrected chi connectivity index (χ2v) is 5.76. The number of carbonyl (C=O) groups excluding carboxylic acids is 1. The molecule has 1 heterocycles. The van der Waals surface area contributed by atoms with E-state index in [1.165, 1.54) is 12.1 Å². The van der Waals surface area contributed by atoms with Crippen LogP contribution in [0, 0.1) is 12.7 Å². The fourth-order valence-corrected chi connectivity index (χ4v) is 2.41. The highest BCUT2D eigenvalue weighted by Crippen LogP contribution is 2.22. The lowest BCUT2D eigenvalue weighted by Gasteiger charge is -2.06. The zero-order valence-electron chi connectivity index (χ0n) is 14.6. The van der Waals surface area contributed by atoms with E-state index in [-0.39, 0.29) is 11.6 Å². The van der Waals surface area contributed by atoms with Crippen LogP contribution in [0.25, 0.3) is 17.1 Å². The van der Waals surface area contributed by atoms with Gasteiger partial charge in [-0.05, 0) is 43.3 Å². The van der Waals surface area contributed by atoms with E-state index in [1.807, 2.05) is 31.2 Å². The topological polar surface area (TPSA) is 69.0 Å². The Bertz CT molecular complexity index is 826. The molecule has 0 spiro atoms. The summed E-state index contributed by atoms with van der Waals surface area (Å²) in [6, 6.07) is 13.6. The standard InChI is InChI=1S/C19H19FN4O2/c1-13-3-9-16(10-4-13)24-18(14-5-7-15(20)8-6-14)22-17(23-24)19(25)21-11-12-26-2/h3-10H,11-12H2,1-2H3,(H,21,25). The zero-order chi connectivity index (χ0) is 18.5. The summed E-state index contributed by atoms with van der Waals surface area (Å²) in [5.74, 6) is -0.226. The molecule has 7 heteroatoms. The van der Waals surface area contributed by atoms with Crippen LogP contribution in [-0.2, 0) is 4.74 Å². The minimum atomic E-state index is -0.392. The van der Waals surface area contributed by atoms with Crippen molar-refractivity contribution in [2.75, 3.05) is 20.3 Å². The predicted octanol–water partition coefficient (Wildman–Crippen LogP) is 2.76. The van der Waals surface area contributed by atoms with Gasteiger partial charge >= 0.3 is 0 Å². The maximum absolute atomic E-state index is 13.3. The summed E-state index contributed by atoms with van der Waals surface area (Å²) in [7, 11) is 1.56. The lowest BCUT2D eigenvalue weighted by Crippen LogP contribution is -2.28. The van der Waals surface area contributed by atoms with Crippen LogP contribution in [0.3, 0.4) is 0 Å². The summed E-state index contributed by atoms with van der Waals surface area (Å²) in [5, 5.41) is 7.05. The Morgan fingerprint density at radius 2 is 1.85 bits per heavy atom. The van der Waals surface area contributed by atoms with Gasteiger partial charge in [0.1, 0.15) is 5.82 Å². The van der Waals surface area contributed by atoms with Crippen molar-refractivity contribution in [3.63, 3.8) is 0 Å². The van der Waals surface area contributed by atoms with Crippen LogP contribution >= 0.6 is 0 Å². The number of hydrogen-bond donors (Lipinski definition) is 1. The first-order valence-electron chi connectivity index (χ1n) is 8.15. The van der Waals surface area contributed by atoms with Crippen LogP contribution in [-0.4, -0.2) is 40.9 Å². The van der Waals surface area contributed by atoms with Gasteiger partial charge in [0, 0.05) is 19.2 Å². The average Bonchev–Trinajstić information content (AvgIpc) is 3.08. The summed E-state index contributed by atoms with van der Waals surface area (Å²) >= 11 is 0. The van der Waals surface area contributed by atoms with E-state index in [2.05, 4.69) is 15.4 Å². The van der Waals surface area contributed by atoms with Crippen molar-refractivity contribution in [2.45, 2.75) is 6.92 Å². The highest BCUT2D eigenvalue weighted by molar-refractivity contribution is 5.91. The minimum Gasteiger partial charge on any atom is -0.383 e. The molecule has 2 aromatic carbocycles. The monoisotopic (exact) mass is 354 g/mol. The number of hydrogen-bond acceptors (Lipinski definition) is 4. The number of aryl methyl sites for hydroxylation is 1. The van der Waals surface area contributed by atoms with E-state index in [0.717, 1.165) is 11.3 Å². The molecule has 0 bridgehead atoms. The molecule has 1 amide bonds. The molecule has 3 aromatic rings. The Morgan fingerprint density at radius 1 is 1.15 bits per heavy atom. The number of methoxy groups -OCH3 is 1. The molecule has 3 rings (SSSR count). The summed E-state index contributed by atoms with van der Waals surface area (Å²) in [5.41, 5.74) is 2.53. The van der Waals surface area contributed by atoms with E-state index < -0.39 is 5.91 Å². The van der Waals surface area contributed by atoms with Crippen molar-refractivity contribution >= 4 is 5.91 Å². The van der Waals surface area contributed by atoms with Crippen LogP contribution in [0.5, 0.6) is 0 Å². The molecule has 1 aromatic heterocycles. The molecule has 0 fully saturated rings. The van der Waals surface area contributed by atoms with Gasteiger partial charge in [0.2, 0.25) is 5.82 Å².